The Bertz CT molecular complexity index is 1550. The molecule has 0 radical (unpaired) electrons. The average Bonchev–Trinajstić information content (AvgIpc) is 3.17. The molecule has 142 valence electrons. The molecular formula is C27H18N2O. The summed E-state index contributed by atoms with van der Waals surface area (Å²) < 4.78 is 6.27. The number of benzene rings is 4. The fourth-order valence-corrected chi connectivity index (χ4v) is 4.10. The normalized spacial score (nSPS) is 11.5. The Balaban J connectivity index is 1.68. The van der Waals surface area contributed by atoms with Gasteiger partial charge in [0.1, 0.15) is 11.2 Å². The second-order valence-electron chi connectivity index (χ2n) is 7.56. The van der Waals surface area contributed by atoms with Gasteiger partial charge in [-0.2, -0.15) is 0 Å². The van der Waals surface area contributed by atoms with Gasteiger partial charge in [0.05, 0.1) is 16.8 Å². The maximum atomic E-state index is 6.27. The van der Waals surface area contributed by atoms with Crippen molar-refractivity contribution in [3.8, 4) is 22.6 Å². The second-order valence-corrected chi connectivity index (χ2v) is 7.56. The number of rotatable bonds is 2. The van der Waals surface area contributed by atoms with Gasteiger partial charge in [0.2, 0.25) is 0 Å². The molecule has 0 aliphatic carbocycles. The molecule has 30 heavy (non-hydrogen) atoms. The van der Waals surface area contributed by atoms with Crippen molar-refractivity contribution >= 4 is 32.8 Å². The zero-order valence-electron chi connectivity index (χ0n) is 16.5. The van der Waals surface area contributed by atoms with E-state index < -0.39 is 0 Å². The monoisotopic (exact) mass is 386 g/mol. The lowest BCUT2D eigenvalue weighted by atomic mass is 10.0. The molecule has 0 atom stereocenters. The Labute approximate surface area is 173 Å². The minimum Gasteiger partial charge on any atom is -0.455 e. The highest BCUT2D eigenvalue weighted by molar-refractivity contribution is 6.09. The number of aryl methyl sites for hydroxylation is 1. The van der Waals surface area contributed by atoms with Gasteiger partial charge in [0, 0.05) is 21.7 Å². The van der Waals surface area contributed by atoms with Gasteiger partial charge in [-0.1, -0.05) is 72.3 Å². The molecule has 0 N–H and O–H groups in total. The van der Waals surface area contributed by atoms with Crippen LogP contribution in [-0.2, 0) is 0 Å². The van der Waals surface area contributed by atoms with Crippen molar-refractivity contribution in [1.29, 1.82) is 0 Å². The average molecular weight is 386 g/mol. The molecule has 6 rings (SSSR count). The number of nitrogens with zero attached hydrogens (tertiary/aromatic N) is 2. The molecule has 2 aromatic heterocycles. The number of hydrogen-bond acceptors (Lipinski definition) is 3. The van der Waals surface area contributed by atoms with E-state index in [0.29, 0.717) is 5.82 Å². The van der Waals surface area contributed by atoms with Crippen LogP contribution in [0.3, 0.4) is 0 Å². The summed E-state index contributed by atoms with van der Waals surface area (Å²) in [5.41, 5.74) is 6.75. The third-order valence-corrected chi connectivity index (χ3v) is 5.54. The van der Waals surface area contributed by atoms with Crippen molar-refractivity contribution in [2.24, 2.45) is 0 Å². The van der Waals surface area contributed by atoms with Crippen molar-refractivity contribution in [3.05, 3.63) is 96.6 Å². The third-order valence-electron chi connectivity index (χ3n) is 5.54. The van der Waals surface area contributed by atoms with Gasteiger partial charge in [-0.05, 0) is 31.2 Å². The van der Waals surface area contributed by atoms with Crippen LogP contribution in [0.1, 0.15) is 5.56 Å². The van der Waals surface area contributed by atoms with Crippen LogP contribution < -0.4 is 0 Å². The lowest BCUT2D eigenvalue weighted by molar-refractivity contribution is 0.669. The van der Waals surface area contributed by atoms with Gasteiger partial charge in [0.25, 0.3) is 0 Å². The summed E-state index contributed by atoms with van der Waals surface area (Å²) in [7, 11) is 0. The summed E-state index contributed by atoms with van der Waals surface area (Å²) >= 11 is 0. The van der Waals surface area contributed by atoms with Gasteiger partial charge in [-0.15, -0.1) is 0 Å². The van der Waals surface area contributed by atoms with Crippen LogP contribution in [0.15, 0.2) is 95.4 Å². The summed E-state index contributed by atoms with van der Waals surface area (Å²) in [5.74, 6) is 0.675. The molecule has 3 heteroatoms. The van der Waals surface area contributed by atoms with E-state index in [4.69, 9.17) is 14.4 Å². The molecule has 0 aliphatic heterocycles. The SMILES string of the molecule is Cc1ccc2oc3c(-c4nc(-c5ccccc5)c5ccccc5n4)cccc3c2c1. The first-order chi connectivity index (χ1) is 14.8. The maximum Gasteiger partial charge on any atom is 0.164 e. The molecule has 0 saturated carbocycles. The van der Waals surface area contributed by atoms with Crippen molar-refractivity contribution in [2.75, 3.05) is 0 Å². The molecule has 3 nitrogen and oxygen atoms in total. The Morgan fingerprint density at radius 3 is 2.37 bits per heavy atom. The summed E-state index contributed by atoms with van der Waals surface area (Å²) in [6.45, 7) is 2.10. The molecule has 0 aliphatic rings. The lowest BCUT2D eigenvalue weighted by Crippen LogP contribution is -1.95. The highest BCUT2D eigenvalue weighted by Crippen LogP contribution is 2.36. The zero-order valence-corrected chi connectivity index (χ0v) is 16.5. The predicted molar refractivity (Wildman–Crippen MR) is 122 cm³/mol. The van der Waals surface area contributed by atoms with Gasteiger partial charge >= 0.3 is 0 Å². The first kappa shape index (κ1) is 16.9. The summed E-state index contributed by atoms with van der Waals surface area (Å²) in [5, 5.41) is 3.25. The fraction of sp³-hybridized carbons (Fsp3) is 0.0370. The molecule has 0 saturated heterocycles. The summed E-state index contributed by atoms with van der Waals surface area (Å²) in [6, 6.07) is 30.9. The van der Waals surface area contributed by atoms with Crippen molar-refractivity contribution in [2.45, 2.75) is 6.92 Å². The standard InChI is InChI=1S/C27H18N2O/c1-17-14-15-24-22(16-17)19-11-7-12-21(26(19)30-24)27-28-23-13-6-5-10-20(23)25(29-27)18-8-3-2-4-9-18/h2-16H,1H3. The van der Waals surface area contributed by atoms with Crippen LogP contribution in [-0.4, -0.2) is 9.97 Å². The molecular weight excluding hydrogens is 368 g/mol. The minimum absolute atomic E-state index is 0.675. The molecule has 4 aromatic carbocycles. The molecule has 0 unspecified atom stereocenters. The summed E-state index contributed by atoms with van der Waals surface area (Å²) in [6.07, 6.45) is 0. The molecule has 2 heterocycles. The molecule has 0 spiro atoms. The predicted octanol–water partition coefficient (Wildman–Crippen LogP) is 7.17. The van der Waals surface area contributed by atoms with Crippen LogP contribution in [0.5, 0.6) is 0 Å². The Hall–Kier alpha value is -3.98. The highest BCUT2D eigenvalue weighted by atomic mass is 16.3. The number of aromatic nitrogens is 2. The largest absolute Gasteiger partial charge is 0.455 e. The Kier molecular flexibility index (Phi) is 3.68. The van der Waals surface area contributed by atoms with E-state index in [1.807, 2.05) is 48.5 Å². The lowest BCUT2D eigenvalue weighted by Gasteiger charge is -2.09. The van der Waals surface area contributed by atoms with Crippen molar-refractivity contribution in [1.82, 2.24) is 9.97 Å². The topological polar surface area (TPSA) is 38.9 Å². The van der Waals surface area contributed by atoms with E-state index in [0.717, 1.165) is 49.7 Å². The van der Waals surface area contributed by atoms with Gasteiger partial charge in [0.15, 0.2) is 5.82 Å². The van der Waals surface area contributed by atoms with Crippen LogP contribution in [0.4, 0.5) is 0 Å². The molecule has 0 bridgehead atoms. The van der Waals surface area contributed by atoms with E-state index in [1.165, 1.54) is 5.56 Å². The van der Waals surface area contributed by atoms with E-state index in [2.05, 4.69) is 49.4 Å². The molecule has 0 amide bonds. The maximum absolute atomic E-state index is 6.27. The van der Waals surface area contributed by atoms with Gasteiger partial charge in [-0.3, -0.25) is 0 Å². The first-order valence-electron chi connectivity index (χ1n) is 10.0. The van der Waals surface area contributed by atoms with E-state index in [9.17, 15) is 0 Å². The van der Waals surface area contributed by atoms with E-state index in [1.54, 1.807) is 0 Å². The number of fused-ring (bicyclic) bond motifs is 4. The second kappa shape index (κ2) is 6.53. The Morgan fingerprint density at radius 1 is 0.667 bits per heavy atom. The Morgan fingerprint density at radius 2 is 1.47 bits per heavy atom. The third kappa shape index (κ3) is 2.60. The highest BCUT2D eigenvalue weighted by Gasteiger charge is 2.16. The van der Waals surface area contributed by atoms with Crippen LogP contribution in [0.2, 0.25) is 0 Å². The number of para-hydroxylation sites is 2. The van der Waals surface area contributed by atoms with Crippen LogP contribution in [0.25, 0.3) is 55.5 Å². The number of furan rings is 1. The summed E-state index contributed by atoms with van der Waals surface area (Å²) in [4.78, 5) is 9.91. The zero-order chi connectivity index (χ0) is 20.1. The van der Waals surface area contributed by atoms with E-state index >= 15 is 0 Å². The van der Waals surface area contributed by atoms with Gasteiger partial charge in [-0.25, -0.2) is 9.97 Å². The smallest absolute Gasteiger partial charge is 0.164 e. The quantitative estimate of drug-likeness (QED) is 0.317. The van der Waals surface area contributed by atoms with Gasteiger partial charge < -0.3 is 4.42 Å². The number of hydrogen-bond donors (Lipinski definition) is 0. The minimum atomic E-state index is 0.675. The molecule has 0 fully saturated rings. The van der Waals surface area contributed by atoms with Crippen molar-refractivity contribution in [3.63, 3.8) is 0 Å². The first-order valence-corrected chi connectivity index (χ1v) is 10.0. The molecule has 6 aromatic rings. The van der Waals surface area contributed by atoms with Crippen molar-refractivity contribution < 1.29 is 4.42 Å². The van der Waals surface area contributed by atoms with Crippen LogP contribution in [0, 0.1) is 6.92 Å². The fourth-order valence-electron chi connectivity index (χ4n) is 4.10. The van der Waals surface area contributed by atoms with E-state index in [-0.39, 0.29) is 0 Å². The van der Waals surface area contributed by atoms with Crippen LogP contribution >= 0.6 is 0 Å².